The molecule has 1 aromatic heterocycles. The summed E-state index contributed by atoms with van der Waals surface area (Å²) in [5.41, 5.74) is 1.60. The first-order valence-corrected chi connectivity index (χ1v) is 3.96. The molecule has 0 radical (unpaired) electrons. The monoisotopic (exact) mass is 170 g/mol. The van der Waals surface area contributed by atoms with Crippen LogP contribution >= 0.6 is 0 Å². The van der Waals surface area contributed by atoms with Gasteiger partial charge in [-0.15, -0.1) is 0 Å². The number of nitrogens with zero attached hydrogens (tertiary/aromatic N) is 2. The second-order valence-corrected chi connectivity index (χ2v) is 2.58. The number of ether oxygens (including phenoxy) is 1. The van der Waals surface area contributed by atoms with E-state index < -0.39 is 0 Å². The van der Waals surface area contributed by atoms with E-state index in [4.69, 9.17) is 9.84 Å². The molecule has 1 N–H and O–H groups in total. The standard InChI is InChI=1S/C8H14N2O2/c1-4-12-8-7(5-11)6(2)9-10(8)3/h11H,4-5H2,1-3H3. The van der Waals surface area contributed by atoms with Crippen molar-refractivity contribution in [3.05, 3.63) is 11.3 Å². The Morgan fingerprint density at radius 1 is 1.58 bits per heavy atom. The maximum absolute atomic E-state index is 9.01. The van der Waals surface area contributed by atoms with Gasteiger partial charge in [0, 0.05) is 7.05 Å². The minimum Gasteiger partial charge on any atom is -0.478 e. The molecule has 0 unspecified atom stereocenters. The van der Waals surface area contributed by atoms with Crippen molar-refractivity contribution < 1.29 is 9.84 Å². The van der Waals surface area contributed by atoms with E-state index in [-0.39, 0.29) is 6.61 Å². The lowest BCUT2D eigenvalue weighted by molar-refractivity contribution is 0.260. The smallest absolute Gasteiger partial charge is 0.217 e. The van der Waals surface area contributed by atoms with Crippen molar-refractivity contribution in [3.63, 3.8) is 0 Å². The van der Waals surface area contributed by atoms with Crippen LogP contribution < -0.4 is 4.74 Å². The van der Waals surface area contributed by atoms with E-state index in [0.29, 0.717) is 12.5 Å². The van der Waals surface area contributed by atoms with E-state index >= 15 is 0 Å². The van der Waals surface area contributed by atoms with Crippen molar-refractivity contribution >= 4 is 0 Å². The maximum Gasteiger partial charge on any atom is 0.217 e. The Kier molecular flexibility index (Phi) is 2.70. The predicted molar refractivity (Wildman–Crippen MR) is 45.0 cm³/mol. The van der Waals surface area contributed by atoms with Crippen LogP contribution in [0.5, 0.6) is 5.88 Å². The summed E-state index contributed by atoms with van der Waals surface area (Å²) in [5.74, 6) is 0.664. The molecule has 0 spiro atoms. The molecular weight excluding hydrogens is 156 g/mol. The van der Waals surface area contributed by atoms with Crippen molar-refractivity contribution in [2.75, 3.05) is 6.61 Å². The number of aromatic nitrogens is 2. The van der Waals surface area contributed by atoms with Gasteiger partial charge >= 0.3 is 0 Å². The van der Waals surface area contributed by atoms with Gasteiger partial charge in [0.05, 0.1) is 24.5 Å². The highest BCUT2D eigenvalue weighted by atomic mass is 16.5. The first-order valence-electron chi connectivity index (χ1n) is 3.96. The van der Waals surface area contributed by atoms with Crippen LogP contribution in [-0.4, -0.2) is 21.5 Å². The predicted octanol–water partition coefficient (Wildman–Crippen LogP) is 0.620. The average Bonchev–Trinajstić information content (AvgIpc) is 2.28. The number of aliphatic hydroxyl groups is 1. The van der Waals surface area contributed by atoms with Gasteiger partial charge < -0.3 is 9.84 Å². The van der Waals surface area contributed by atoms with E-state index in [9.17, 15) is 0 Å². The minimum atomic E-state index is -0.0188. The Balaban J connectivity index is 3.04. The molecule has 0 aliphatic heterocycles. The third-order valence-electron chi connectivity index (χ3n) is 1.73. The minimum absolute atomic E-state index is 0.0188. The molecular formula is C8H14N2O2. The zero-order chi connectivity index (χ0) is 9.14. The molecule has 0 amide bonds. The fourth-order valence-electron chi connectivity index (χ4n) is 1.18. The van der Waals surface area contributed by atoms with Gasteiger partial charge in [-0.05, 0) is 13.8 Å². The number of rotatable bonds is 3. The Morgan fingerprint density at radius 2 is 2.25 bits per heavy atom. The first-order chi connectivity index (χ1) is 5.70. The lowest BCUT2D eigenvalue weighted by atomic mass is 10.3. The summed E-state index contributed by atoms with van der Waals surface area (Å²) in [6.45, 7) is 4.33. The van der Waals surface area contributed by atoms with Gasteiger partial charge in [0.25, 0.3) is 0 Å². The van der Waals surface area contributed by atoms with Crippen LogP contribution in [0.4, 0.5) is 0 Å². The normalized spacial score (nSPS) is 10.3. The van der Waals surface area contributed by atoms with Gasteiger partial charge in [-0.1, -0.05) is 0 Å². The molecule has 0 fully saturated rings. The van der Waals surface area contributed by atoms with E-state index in [0.717, 1.165) is 11.3 Å². The lowest BCUT2D eigenvalue weighted by Gasteiger charge is -2.04. The van der Waals surface area contributed by atoms with Gasteiger partial charge in [0.15, 0.2) is 0 Å². The van der Waals surface area contributed by atoms with Crippen LogP contribution in [0, 0.1) is 6.92 Å². The average molecular weight is 170 g/mol. The number of aliphatic hydroxyl groups excluding tert-OH is 1. The Bertz CT molecular complexity index is 268. The van der Waals surface area contributed by atoms with Crippen molar-refractivity contribution in [2.24, 2.45) is 7.05 Å². The molecule has 0 aliphatic carbocycles. The topological polar surface area (TPSA) is 47.3 Å². The second kappa shape index (κ2) is 3.58. The maximum atomic E-state index is 9.01. The highest BCUT2D eigenvalue weighted by Crippen LogP contribution is 2.20. The van der Waals surface area contributed by atoms with E-state index in [1.165, 1.54) is 0 Å². The van der Waals surface area contributed by atoms with Gasteiger partial charge in [0.1, 0.15) is 0 Å². The molecule has 0 atom stereocenters. The van der Waals surface area contributed by atoms with Gasteiger partial charge in [-0.2, -0.15) is 5.10 Å². The summed E-state index contributed by atoms with van der Waals surface area (Å²) in [5, 5.41) is 13.1. The SMILES string of the molecule is CCOc1c(CO)c(C)nn1C. The van der Waals surface area contributed by atoms with Gasteiger partial charge in [-0.3, -0.25) is 0 Å². The Morgan fingerprint density at radius 3 is 2.75 bits per heavy atom. The summed E-state index contributed by atoms with van der Waals surface area (Å²) in [6.07, 6.45) is 0. The number of hydrogen-bond donors (Lipinski definition) is 1. The fourth-order valence-corrected chi connectivity index (χ4v) is 1.18. The molecule has 0 saturated carbocycles. The summed E-state index contributed by atoms with van der Waals surface area (Å²) in [4.78, 5) is 0. The van der Waals surface area contributed by atoms with Crippen LogP contribution in [0.25, 0.3) is 0 Å². The molecule has 1 heterocycles. The quantitative estimate of drug-likeness (QED) is 0.723. The number of hydrogen-bond acceptors (Lipinski definition) is 3. The van der Waals surface area contributed by atoms with E-state index in [1.54, 1.807) is 11.7 Å². The summed E-state index contributed by atoms with van der Waals surface area (Å²) in [7, 11) is 1.80. The lowest BCUT2D eigenvalue weighted by Crippen LogP contribution is -2.01. The van der Waals surface area contributed by atoms with Crippen LogP contribution in [0.3, 0.4) is 0 Å². The molecule has 1 rings (SSSR count). The molecule has 12 heavy (non-hydrogen) atoms. The third-order valence-corrected chi connectivity index (χ3v) is 1.73. The fraction of sp³-hybridized carbons (Fsp3) is 0.625. The second-order valence-electron chi connectivity index (χ2n) is 2.58. The van der Waals surface area contributed by atoms with Crippen LogP contribution in [0.2, 0.25) is 0 Å². The van der Waals surface area contributed by atoms with Crippen molar-refractivity contribution in [2.45, 2.75) is 20.5 Å². The zero-order valence-corrected chi connectivity index (χ0v) is 7.66. The Hall–Kier alpha value is -1.03. The molecule has 0 aromatic carbocycles. The van der Waals surface area contributed by atoms with E-state index in [2.05, 4.69) is 5.10 Å². The molecule has 0 aliphatic rings. The van der Waals surface area contributed by atoms with Gasteiger partial charge in [0.2, 0.25) is 5.88 Å². The van der Waals surface area contributed by atoms with E-state index in [1.807, 2.05) is 13.8 Å². The van der Waals surface area contributed by atoms with Gasteiger partial charge in [-0.25, -0.2) is 4.68 Å². The number of aryl methyl sites for hydroxylation is 2. The molecule has 0 saturated heterocycles. The highest BCUT2D eigenvalue weighted by Gasteiger charge is 2.12. The van der Waals surface area contributed by atoms with Crippen LogP contribution in [-0.2, 0) is 13.7 Å². The zero-order valence-electron chi connectivity index (χ0n) is 7.66. The first kappa shape index (κ1) is 9.06. The molecule has 1 aromatic rings. The largest absolute Gasteiger partial charge is 0.478 e. The summed E-state index contributed by atoms with van der Waals surface area (Å²) in [6, 6.07) is 0. The molecule has 0 bridgehead atoms. The Labute approximate surface area is 71.8 Å². The van der Waals surface area contributed by atoms with Crippen molar-refractivity contribution in [1.82, 2.24) is 9.78 Å². The molecule has 68 valence electrons. The summed E-state index contributed by atoms with van der Waals surface area (Å²) >= 11 is 0. The third kappa shape index (κ3) is 1.43. The van der Waals surface area contributed by atoms with Crippen molar-refractivity contribution in [3.8, 4) is 5.88 Å². The van der Waals surface area contributed by atoms with Crippen LogP contribution in [0.1, 0.15) is 18.2 Å². The summed E-state index contributed by atoms with van der Waals surface area (Å²) < 4.78 is 6.96. The molecule has 4 nitrogen and oxygen atoms in total. The van der Waals surface area contributed by atoms with Crippen molar-refractivity contribution in [1.29, 1.82) is 0 Å². The molecule has 4 heteroatoms. The highest BCUT2D eigenvalue weighted by molar-refractivity contribution is 5.29. The van der Waals surface area contributed by atoms with Crippen LogP contribution in [0.15, 0.2) is 0 Å².